The van der Waals surface area contributed by atoms with E-state index >= 15 is 0 Å². The van der Waals surface area contributed by atoms with Crippen LogP contribution in [-0.4, -0.2) is 144 Å². The first-order valence-corrected chi connectivity index (χ1v) is 23.9. The van der Waals surface area contributed by atoms with Crippen LogP contribution in [0.1, 0.15) is 86.1 Å². The fraction of sp³-hybridized carbons (Fsp3) is 0.659. The first-order chi connectivity index (χ1) is 29.9. The number of rotatable bonds is 18. The number of aliphatic hydroxyl groups excluding tert-OH is 2. The van der Waals surface area contributed by atoms with Gasteiger partial charge in [-0.2, -0.15) is 0 Å². The summed E-state index contributed by atoms with van der Waals surface area (Å²) in [6, 6.07) is 2.47. The number of fused-ring (bicyclic) bond motifs is 3. The molecule has 360 valence electrons. The largest absolute Gasteiger partial charge is 0.495 e. The highest BCUT2D eigenvalue weighted by molar-refractivity contribution is 8.77. The van der Waals surface area contributed by atoms with Crippen molar-refractivity contribution in [1.29, 1.82) is 0 Å². The Morgan fingerprint density at radius 1 is 1.16 bits per heavy atom. The summed E-state index contributed by atoms with van der Waals surface area (Å²) in [5.41, 5.74) is -1.40. The third-order valence-corrected chi connectivity index (χ3v) is 15.1. The first-order valence-electron chi connectivity index (χ1n) is 21.2. The Kier molecular flexibility index (Phi) is 20.9. The summed E-state index contributed by atoms with van der Waals surface area (Å²) in [5.74, 6) is -1.45. The molecule has 1 unspecified atom stereocenters. The molecule has 8 atom stereocenters. The third kappa shape index (κ3) is 15.9. The minimum absolute atomic E-state index is 0.135. The van der Waals surface area contributed by atoms with Gasteiger partial charge in [0, 0.05) is 64.6 Å². The summed E-state index contributed by atoms with van der Waals surface area (Å²) in [4.78, 5) is 67.4. The Morgan fingerprint density at radius 3 is 2.48 bits per heavy atom. The molecule has 2 aliphatic rings. The molecule has 1 fully saturated rings. The van der Waals surface area contributed by atoms with Crippen molar-refractivity contribution in [3.8, 4) is 5.75 Å². The number of anilines is 1. The standard InChI is InChI=1S/C44H68ClN5O12S2/c1-26-13-12-14-33(52)44(58,48-41(57)60-11)25-27(2)39-43(7,62-39)34(24-37(55)50(9)31-22-30(21-26)23-32(59-10)38(31)45)61-40(56)28(3)49(8)36(54)15-17-42(5,6)64-63-20-19-47-35(53)16-18-46-29(4)51/h12-14,22-23,27-28,33-34,39,41,48,52,57-58H,15-21,24-25H2,1-11H3,(H,46,51)(H,47,53)/b14-12+,26-13+/t27-,28+,33-,34+,39+,41?,43+,44+/m1/s1. The predicted molar refractivity (Wildman–Crippen MR) is 249 cm³/mol. The second kappa shape index (κ2) is 24.4. The molecule has 6 N–H and O–H groups in total. The quantitative estimate of drug-likeness (QED) is 0.0404. The summed E-state index contributed by atoms with van der Waals surface area (Å²) in [6.45, 7) is 13.0. The van der Waals surface area contributed by atoms with E-state index in [1.807, 2.05) is 20.8 Å². The number of carbonyl (C=O) groups excluding carboxylic acids is 5. The molecular weight excluding hydrogens is 890 g/mol. The molecule has 0 radical (unpaired) electrons. The van der Waals surface area contributed by atoms with E-state index in [4.69, 9.17) is 30.5 Å². The van der Waals surface area contributed by atoms with Crippen molar-refractivity contribution in [2.75, 3.05) is 52.1 Å². The van der Waals surface area contributed by atoms with E-state index in [-0.39, 0.29) is 59.7 Å². The van der Waals surface area contributed by atoms with Crippen LogP contribution in [0.25, 0.3) is 0 Å². The van der Waals surface area contributed by atoms with Crippen LogP contribution in [0.15, 0.2) is 35.9 Å². The lowest BCUT2D eigenvalue weighted by Gasteiger charge is -2.36. The minimum Gasteiger partial charge on any atom is -0.495 e. The number of amides is 4. The zero-order chi connectivity index (χ0) is 48.2. The number of hydrogen-bond donors (Lipinski definition) is 6. The lowest BCUT2D eigenvalue weighted by molar-refractivity contribution is -0.184. The van der Waals surface area contributed by atoms with Crippen molar-refractivity contribution in [3.63, 3.8) is 0 Å². The van der Waals surface area contributed by atoms with Gasteiger partial charge in [-0.25, -0.2) is 10.1 Å². The Labute approximate surface area is 390 Å². The third-order valence-electron chi connectivity index (χ3n) is 11.3. The molecule has 0 saturated carbocycles. The van der Waals surface area contributed by atoms with E-state index < -0.39 is 59.9 Å². The molecule has 3 rings (SSSR count). The second-order valence-electron chi connectivity index (χ2n) is 17.2. The fourth-order valence-electron chi connectivity index (χ4n) is 7.22. The van der Waals surface area contributed by atoms with Gasteiger partial charge in [-0.05, 0) is 77.5 Å². The maximum absolute atomic E-state index is 14.2. The van der Waals surface area contributed by atoms with Gasteiger partial charge in [0.25, 0.3) is 0 Å². The molecule has 64 heavy (non-hydrogen) atoms. The topological polar surface area (TPSA) is 229 Å². The highest BCUT2D eigenvalue weighted by atomic mass is 35.5. The fourth-order valence-corrected chi connectivity index (χ4v) is 10.0. The van der Waals surface area contributed by atoms with Gasteiger partial charge in [-0.15, -0.1) is 0 Å². The second-order valence-corrected chi connectivity index (χ2v) is 20.7. The lowest BCUT2D eigenvalue weighted by atomic mass is 9.84. The average molecular weight is 959 g/mol. The molecular formula is C44H68ClN5O12S2. The monoisotopic (exact) mass is 957 g/mol. The number of methoxy groups -OCH3 is 2. The van der Waals surface area contributed by atoms with Gasteiger partial charge in [-0.3, -0.25) is 19.2 Å². The zero-order valence-electron chi connectivity index (χ0n) is 38.8. The maximum Gasteiger partial charge on any atom is 0.328 e. The van der Waals surface area contributed by atoms with Gasteiger partial charge in [-0.1, -0.05) is 63.9 Å². The highest BCUT2D eigenvalue weighted by Gasteiger charge is 2.63. The number of nitrogens with one attached hydrogen (secondary N) is 3. The van der Waals surface area contributed by atoms with E-state index in [0.717, 1.165) is 11.1 Å². The van der Waals surface area contributed by atoms with Crippen LogP contribution in [0.2, 0.25) is 5.02 Å². The van der Waals surface area contributed by atoms with E-state index in [0.29, 0.717) is 36.6 Å². The zero-order valence-corrected chi connectivity index (χ0v) is 41.2. The number of ether oxygens (including phenoxy) is 4. The van der Waals surface area contributed by atoms with E-state index in [1.165, 1.54) is 44.1 Å². The molecule has 1 aromatic rings. The van der Waals surface area contributed by atoms with Gasteiger partial charge in [0.1, 0.15) is 40.3 Å². The summed E-state index contributed by atoms with van der Waals surface area (Å²) in [6.07, 6.45) is 0.366. The SMILES string of the molecule is COc1cc2cc(c1Cl)N(C)C(=O)C[C@H](OC(=O)[C@H](C)N(C)C(=O)CCC(C)(C)SSCCNC(=O)CCNC(C)=O)[C@]1(C)O[C@H]1[C@H](C)C[C@@](O)(NC(O)OC)[C@H](O)/C=C/C=C(\C)C2. The summed E-state index contributed by atoms with van der Waals surface area (Å²) < 4.78 is 22.6. The van der Waals surface area contributed by atoms with Gasteiger partial charge in [0.05, 0.1) is 25.3 Å². The van der Waals surface area contributed by atoms with E-state index in [1.54, 1.807) is 73.7 Å². The van der Waals surface area contributed by atoms with E-state index in [9.17, 15) is 39.3 Å². The van der Waals surface area contributed by atoms with Crippen molar-refractivity contribution < 1.29 is 58.2 Å². The van der Waals surface area contributed by atoms with Crippen molar-refractivity contribution in [1.82, 2.24) is 20.9 Å². The van der Waals surface area contributed by atoms with Gasteiger partial charge < -0.3 is 54.7 Å². The molecule has 0 spiro atoms. The smallest absolute Gasteiger partial charge is 0.328 e. The van der Waals surface area contributed by atoms with Crippen LogP contribution in [0, 0.1) is 5.92 Å². The normalized spacial score (nSPS) is 26.5. The number of aliphatic hydroxyl groups is 3. The first kappa shape index (κ1) is 54.9. The van der Waals surface area contributed by atoms with Crippen molar-refractivity contribution >= 4 is 68.5 Å². The van der Waals surface area contributed by atoms with Crippen LogP contribution >= 0.6 is 33.2 Å². The molecule has 0 aromatic heterocycles. The number of esters is 1. The van der Waals surface area contributed by atoms with Crippen LogP contribution < -0.4 is 25.6 Å². The Balaban J connectivity index is 1.82. The summed E-state index contributed by atoms with van der Waals surface area (Å²) in [5, 5.41) is 41.6. The number of benzene rings is 1. The maximum atomic E-state index is 14.2. The van der Waals surface area contributed by atoms with Gasteiger partial charge in [0.15, 0.2) is 0 Å². The van der Waals surface area contributed by atoms with Crippen LogP contribution in [0.4, 0.5) is 5.69 Å². The number of allylic oxidation sites excluding steroid dienone is 3. The number of hydrogen-bond acceptors (Lipinski definition) is 15. The van der Waals surface area contributed by atoms with Crippen molar-refractivity contribution in [3.05, 3.63) is 46.5 Å². The summed E-state index contributed by atoms with van der Waals surface area (Å²) in [7, 11) is 8.93. The van der Waals surface area contributed by atoms with Crippen LogP contribution in [0.3, 0.4) is 0 Å². The van der Waals surface area contributed by atoms with Crippen molar-refractivity contribution in [2.45, 2.75) is 134 Å². The molecule has 17 nitrogen and oxygen atoms in total. The number of carbonyl (C=O) groups is 5. The predicted octanol–water partition coefficient (Wildman–Crippen LogP) is 3.85. The molecule has 20 heteroatoms. The van der Waals surface area contributed by atoms with Crippen molar-refractivity contribution in [2.24, 2.45) is 5.92 Å². The molecule has 4 amide bonds. The Morgan fingerprint density at radius 2 is 1.84 bits per heavy atom. The Bertz CT molecular complexity index is 1870. The highest BCUT2D eigenvalue weighted by Crippen LogP contribution is 2.49. The molecule has 2 heterocycles. The van der Waals surface area contributed by atoms with Crippen LogP contribution in [0.5, 0.6) is 5.75 Å². The van der Waals surface area contributed by atoms with Gasteiger partial charge in [0.2, 0.25) is 30.0 Å². The van der Waals surface area contributed by atoms with Gasteiger partial charge >= 0.3 is 5.97 Å². The number of halogens is 1. The molecule has 0 aliphatic carbocycles. The lowest BCUT2D eigenvalue weighted by Crippen LogP contribution is -2.59. The molecule has 1 saturated heterocycles. The minimum atomic E-state index is -2.12. The average Bonchev–Trinajstić information content (AvgIpc) is 3.93. The molecule has 1 aromatic carbocycles. The summed E-state index contributed by atoms with van der Waals surface area (Å²) >= 11 is 6.77. The van der Waals surface area contributed by atoms with E-state index in [2.05, 4.69) is 16.0 Å². The number of nitrogens with zero attached hydrogens (tertiary/aromatic N) is 2. The molecule has 2 bridgehead atoms. The Hall–Kier alpha value is -3.40. The number of epoxide rings is 1. The number of likely N-dealkylation sites (N-methyl/N-ethyl adjacent to an activating group) is 1. The molecule has 2 aliphatic heterocycles. The van der Waals surface area contributed by atoms with Crippen LogP contribution in [-0.2, 0) is 44.6 Å².